The van der Waals surface area contributed by atoms with Gasteiger partial charge >= 0.3 is 0 Å². The zero-order chi connectivity index (χ0) is 18.0. The van der Waals surface area contributed by atoms with Crippen LogP contribution >= 0.6 is 0 Å². The Morgan fingerprint density at radius 2 is 1.56 bits per heavy atom. The van der Waals surface area contributed by atoms with E-state index in [4.69, 9.17) is 0 Å². The first-order valence-electron chi connectivity index (χ1n) is 8.32. The van der Waals surface area contributed by atoms with Crippen LogP contribution in [0.4, 0.5) is 0 Å². The molecular formula is C20H22N2O3. The van der Waals surface area contributed by atoms with Crippen LogP contribution in [0.5, 0.6) is 0 Å². The quantitative estimate of drug-likeness (QED) is 0.932. The summed E-state index contributed by atoms with van der Waals surface area (Å²) in [4.78, 5) is 28.8. The topological polar surface area (TPSA) is 60.9 Å². The fraction of sp³-hybridized carbons (Fsp3) is 0.300. The molecule has 2 aromatic rings. The van der Waals surface area contributed by atoms with Crippen LogP contribution in [-0.2, 0) is 4.79 Å². The molecule has 0 saturated carbocycles. The Morgan fingerprint density at radius 1 is 1.00 bits per heavy atom. The molecule has 130 valence electrons. The highest BCUT2D eigenvalue weighted by atomic mass is 16.3. The van der Waals surface area contributed by atoms with E-state index in [1.165, 1.54) is 9.80 Å². The smallest absolute Gasteiger partial charge is 0.255 e. The number of carbonyl (C=O) groups is 2. The Kier molecular flexibility index (Phi) is 4.86. The molecule has 5 heteroatoms. The third kappa shape index (κ3) is 3.28. The number of amides is 2. The lowest BCUT2D eigenvalue weighted by Crippen LogP contribution is -2.46. The summed E-state index contributed by atoms with van der Waals surface area (Å²) in [5.41, 5.74) is 1.34. The highest BCUT2D eigenvalue weighted by Gasteiger charge is 2.47. The maximum absolute atomic E-state index is 13.2. The van der Waals surface area contributed by atoms with Crippen LogP contribution < -0.4 is 0 Å². The number of benzene rings is 2. The molecule has 1 aliphatic rings. The van der Waals surface area contributed by atoms with Crippen molar-refractivity contribution in [1.82, 2.24) is 9.80 Å². The minimum atomic E-state index is -0.788. The maximum Gasteiger partial charge on any atom is 0.255 e. The molecule has 3 rings (SSSR count). The highest BCUT2D eigenvalue weighted by molar-refractivity contribution is 5.98. The number of hydrogen-bond donors (Lipinski definition) is 1. The SMILES string of the molecule is CN(C)C(=O)[C@@H]1C[C@H](O)[C@@H](c2ccccc2)N1C(=O)c1ccccc1. The molecule has 0 unspecified atom stereocenters. The second-order valence-corrected chi connectivity index (χ2v) is 6.49. The summed E-state index contributed by atoms with van der Waals surface area (Å²) in [7, 11) is 3.32. The first-order chi connectivity index (χ1) is 12.0. The summed E-state index contributed by atoms with van der Waals surface area (Å²) in [6, 6.07) is 17.0. The van der Waals surface area contributed by atoms with Crippen LogP contribution in [0.15, 0.2) is 60.7 Å². The minimum absolute atomic E-state index is 0.179. The van der Waals surface area contributed by atoms with Crippen molar-refractivity contribution in [3.63, 3.8) is 0 Å². The van der Waals surface area contributed by atoms with Crippen molar-refractivity contribution < 1.29 is 14.7 Å². The minimum Gasteiger partial charge on any atom is -0.391 e. The molecule has 0 spiro atoms. The highest BCUT2D eigenvalue weighted by Crippen LogP contribution is 2.38. The van der Waals surface area contributed by atoms with Gasteiger partial charge in [-0.25, -0.2) is 0 Å². The van der Waals surface area contributed by atoms with E-state index in [-0.39, 0.29) is 18.2 Å². The van der Waals surface area contributed by atoms with Crippen LogP contribution in [-0.4, -0.2) is 53.0 Å². The fourth-order valence-electron chi connectivity index (χ4n) is 3.40. The molecule has 1 saturated heterocycles. The summed E-state index contributed by atoms with van der Waals surface area (Å²) in [5.74, 6) is -0.423. The van der Waals surface area contributed by atoms with Crippen LogP contribution in [0.1, 0.15) is 28.4 Å². The van der Waals surface area contributed by atoms with Crippen LogP contribution in [0.25, 0.3) is 0 Å². The summed E-state index contributed by atoms with van der Waals surface area (Å²) in [6.45, 7) is 0. The van der Waals surface area contributed by atoms with Gasteiger partial charge in [0.1, 0.15) is 6.04 Å². The van der Waals surface area contributed by atoms with E-state index in [2.05, 4.69) is 0 Å². The first kappa shape index (κ1) is 17.2. The van der Waals surface area contributed by atoms with Gasteiger partial charge in [0.05, 0.1) is 12.1 Å². The number of rotatable bonds is 3. The van der Waals surface area contributed by atoms with Gasteiger partial charge in [0.15, 0.2) is 0 Å². The second kappa shape index (κ2) is 7.07. The Morgan fingerprint density at radius 3 is 2.12 bits per heavy atom. The van der Waals surface area contributed by atoms with Crippen LogP contribution in [0.3, 0.4) is 0 Å². The van der Waals surface area contributed by atoms with Crippen molar-refractivity contribution in [1.29, 1.82) is 0 Å². The largest absolute Gasteiger partial charge is 0.391 e. The molecule has 1 heterocycles. The van der Waals surface area contributed by atoms with E-state index in [1.807, 2.05) is 36.4 Å². The van der Waals surface area contributed by atoms with Crippen molar-refractivity contribution in [2.45, 2.75) is 24.6 Å². The molecule has 3 atom stereocenters. The van der Waals surface area contributed by atoms with Crippen LogP contribution in [0, 0.1) is 0 Å². The van der Waals surface area contributed by atoms with Crippen molar-refractivity contribution >= 4 is 11.8 Å². The Bertz CT molecular complexity index is 746. The number of aliphatic hydroxyl groups is 1. The average molecular weight is 338 g/mol. The summed E-state index contributed by atoms with van der Waals surface area (Å²) in [6.07, 6.45) is -0.557. The molecule has 0 bridgehead atoms. The van der Waals surface area contributed by atoms with E-state index in [1.54, 1.807) is 38.4 Å². The van der Waals surface area contributed by atoms with Crippen molar-refractivity contribution in [3.8, 4) is 0 Å². The third-order valence-corrected chi connectivity index (χ3v) is 4.59. The van der Waals surface area contributed by atoms with E-state index >= 15 is 0 Å². The fourth-order valence-corrected chi connectivity index (χ4v) is 3.40. The standard InChI is InChI=1S/C20H22N2O3/c1-21(2)20(25)16-13-17(23)18(14-9-5-3-6-10-14)22(16)19(24)15-11-7-4-8-12-15/h3-12,16-18,23H,13H2,1-2H3/t16-,17-,18+/m0/s1. The van der Waals surface area contributed by atoms with E-state index in [0.29, 0.717) is 5.56 Å². The maximum atomic E-state index is 13.2. The number of hydrogen-bond acceptors (Lipinski definition) is 3. The van der Waals surface area contributed by atoms with Gasteiger partial charge < -0.3 is 14.9 Å². The predicted molar refractivity (Wildman–Crippen MR) is 94.9 cm³/mol. The lowest BCUT2D eigenvalue weighted by molar-refractivity contribution is -0.133. The van der Waals surface area contributed by atoms with Crippen molar-refractivity contribution in [3.05, 3.63) is 71.8 Å². The molecule has 25 heavy (non-hydrogen) atoms. The molecule has 0 radical (unpaired) electrons. The van der Waals surface area contributed by atoms with Gasteiger partial charge in [0.25, 0.3) is 5.91 Å². The van der Waals surface area contributed by atoms with E-state index in [9.17, 15) is 14.7 Å². The molecule has 0 aliphatic carbocycles. The zero-order valence-corrected chi connectivity index (χ0v) is 14.4. The van der Waals surface area contributed by atoms with E-state index < -0.39 is 18.2 Å². The number of likely N-dealkylation sites (N-methyl/N-ethyl adjacent to an activating group) is 1. The number of likely N-dealkylation sites (tertiary alicyclic amines) is 1. The van der Waals surface area contributed by atoms with Gasteiger partial charge in [-0.15, -0.1) is 0 Å². The predicted octanol–water partition coefficient (Wildman–Crippen LogP) is 2.09. The monoisotopic (exact) mass is 338 g/mol. The lowest BCUT2D eigenvalue weighted by Gasteiger charge is -2.31. The molecule has 1 aliphatic heterocycles. The van der Waals surface area contributed by atoms with Crippen molar-refractivity contribution in [2.24, 2.45) is 0 Å². The zero-order valence-electron chi connectivity index (χ0n) is 14.4. The summed E-state index contributed by atoms with van der Waals surface area (Å²) < 4.78 is 0. The van der Waals surface area contributed by atoms with Gasteiger partial charge in [0.2, 0.25) is 5.91 Å². The molecular weight excluding hydrogens is 316 g/mol. The molecule has 1 N–H and O–H groups in total. The van der Waals surface area contributed by atoms with Crippen molar-refractivity contribution in [2.75, 3.05) is 14.1 Å². The number of nitrogens with zero attached hydrogens (tertiary/aromatic N) is 2. The first-order valence-corrected chi connectivity index (χ1v) is 8.32. The molecule has 2 amide bonds. The van der Waals surface area contributed by atoms with Gasteiger partial charge in [-0.05, 0) is 17.7 Å². The Hall–Kier alpha value is -2.66. The van der Waals surface area contributed by atoms with E-state index in [0.717, 1.165) is 5.56 Å². The lowest BCUT2D eigenvalue weighted by atomic mass is 10.0. The normalized spacial score (nSPS) is 22.7. The Labute approximate surface area is 147 Å². The summed E-state index contributed by atoms with van der Waals surface area (Å²) in [5, 5.41) is 10.6. The molecule has 1 fully saturated rings. The molecule has 0 aromatic heterocycles. The van der Waals surface area contributed by atoms with Crippen LogP contribution in [0.2, 0.25) is 0 Å². The molecule has 5 nitrogen and oxygen atoms in total. The number of carbonyl (C=O) groups excluding carboxylic acids is 2. The summed E-state index contributed by atoms with van der Waals surface area (Å²) >= 11 is 0. The average Bonchev–Trinajstić information content (AvgIpc) is 2.98. The van der Waals surface area contributed by atoms with Gasteiger partial charge in [-0.1, -0.05) is 48.5 Å². The number of aliphatic hydroxyl groups excluding tert-OH is 1. The van der Waals surface area contributed by atoms with Gasteiger partial charge in [-0.2, -0.15) is 0 Å². The third-order valence-electron chi connectivity index (χ3n) is 4.59. The van der Waals surface area contributed by atoms with Gasteiger partial charge in [0, 0.05) is 26.1 Å². The second-order valence-electron chi connectivity index (χ2n) is 6.49. The van der Waals surface area contributed by atoms with Gasteiger partial charge in [-0.3, -0.25) is 9.59 Å². The Balaban J connectivity index is 2.04. The molecule has 2 aromatic carbocycles.